The van der Waals surface area contributed by atoms with Crippen LogP contribution in [0.15, 0.2) is 24.3 Å². The number of rotatable bonds is 16. The van der Waals surface area contributed by atoms with Crippen LogP contribution in [0.3, 0.4) is 0 Å². The number of hydrogen-bond acceptors (Lipinski definition) is 8. The van der Waals surface area contributed by atoms with E-state index in [-0.39, 0.29) is 31.1 Å². The Labute approximate surface area is 227 Å². The quantitative estimate of drug-likeness (QED) is 0.160. The van der Waals surface area contributed by atoms with Crippen molar-refractivity contribution in [2.45, 2.75) is 77.5 Å². The second-order valence-corrected chi connectivity index (χ2v) is 9.10. The van der Waals surface area contributed by atoms with Crippen molar-refractivity contribution in [2.75, 3.05) is 6.61 Å². The molecule has 4 amide bonds. The van der Waals surface area contributed by atoms with Crippen LogP contribution in [-0.2, 0) is 35.1 Å². The number of carbonyl (C=O) groups is 6. The Balaban J connectivity index is 3.02. The molecule has 39 heavy (non-hydrogen) atoms. The van der Waals surface area contributed by atoms with E-state index < -0.39 is 60.4 Å². The van der Waals surface area contributed by atoms with Gasteiger partial charge in [0.1, 0.15) is 30.2 Å². The van der Waals surface area contributed by atoms with Crippen LogP contribution in [0, 0.1) is 5.92 Å². The molecular weight excluding hydrogens is 512 g/mol. The smallest absolute Gasteiger partial charge is 0.407 e. The molecule has 0 spiro atoms. The van der Waals surface area contributed by atoms with Gasteiger partial charge in [0.25, 0.3) is 0 Å². The molecule has 13 heteroatoms. The van der Waals surface area contributed by atoms with Crippen molar-refractivity contribution in [1.29, 1.82) is 0 Å². The molecule has 0 heterocycles. The first-order valence-electron chi connectivity index (χ1n) is 12.7. The minimum Gasteiger partial charge on any atom is -0.508 e. The van der Waals surface area contributed by atoms with Crippen LogP contribution < -0.4 is 21.3 Å². The standard InChI is InChI=1S/C26H38N4O9/c1-5-15(3)22(25(37)27-16(4)23(35)28-18(11-12-31)14-21(33)34)30-24(36)20(29-26(38)39-6-2)13-17-7-9-19(32)10-8-17/h7-10,12,15-16,18,20,22,32H,5-6,11,13-14H2,1-4H3,(H,27,37)(H,28,35)(H,29,38)(H,30,36)(H,33,34)/t15-,16-,18+,20-,22-/m0/s1. The highest BCUT2D eigenvalue weighted by molar-refractivity contribution is 5.94. The number of aldehydes is 1. The lowest BCUT2D eigenvalue weighted by atomic mass is 9.96. The fraction of sp³-hybridized carbons (Fsp3) is 0.538. The Hall–Kier alpha value is -4.16. The number of hydrogen-bond donors (Lipinski definition) is 6. The minimum atomic E-state index is -1.20. The van der Waals surface area contributed by atoms with Gasteiger partial charge < -0.3 is 41.0 Å². The Kier molecular flexibility index (Phi) is 14.0. The topological polar surface area (TPSA) is 200 Å². The Morgan fingerprint density at radius 2 is 1.56 bits per heavy atom. The molecule has 0 saturated carbocycles. The number of nitrogens with one attached hydrogen (secondary N) is 4. The van der Waals surface area contributed by atoms with Crippen LogP contribution in [0.4, 0.5) is 4.79 Å². The summed E-state index contributed by atoms with van der Waals surface area (Å²) in [6.45, 7) is 6.62. The van der Waals surface area contributed by atoms with Gasteiger partial charge in [0, 0.05) is 18.9 Å². The Bertz CT molecular complexity index is 1000. The normalized spacial score (nSPS) is 14.5. The van der Waals surface area contributed by atoms with E-state index in [1.54, 1.807) is 26.0 Å². The summed E-state index contributed by atoms with van der Waals surface area (Å²) in [6.07, 6.45) is -0.470. The Morgan fingerprint density at radius 1 is 0.923 bits per heavy atom. The van der Waals surface area contributed by atoms with Gasteiger partial charge in [-0.3, -0.25) is 19.2 Å². The average molecular weight is 551 g/mol. The molecule has 0 saturated heterocycles. The van der Waals surface area contributed by atoms with Crippen LogP contribution in [0.5, 0.6) is 5.75 Å². The van der Waals surface area contributed by atoms with Crippen LogP contribution in [-0.4, -0.2) is 77.1 Å². The number of benzene rings is 1. The first-order valence-corrected chi connectivity index (χ1v) is 12.7. The predicted molar refractivity (Wildman–Crippen MR) is 140 cm³/mol. The summed E-state index contributed by atoms with van der Waals surface area (Å²) >= 11 is 0. The van der Waals surface area contributed by atoms with Gasteiger partial charge in [0.05, 0.1) is 13.0 Å². The molecule has 216 valence electrons. The van der Waals surface area contributed by atoms with E-state index in [9.17, 15) is 33.9 Å². The van der Waals surface area contributed by atoms with Gasteiger partial charge in [-0.2, -0.15) is 0 Å². The van der Waals surface area contributed by atoms with E-state index in [2.05, 4.69) is 21.3 Å². The molecule has 1 rings (SSSR count). The molecule has 0 aliphatic heterocycles. The zero-order chi connectivity index (χ0) is 29.5. The van der Waals surface area contributed by atoms with Gasteiger partial charge in [0.2, 0.25) is 17.7 Å². The number of aromatic hydroxyl groups is 1. The maximum atomic E-state index is 13.3. The fourth-order valence-corrected chi connectivity index (χ4v) is 3.56. The molecule has 0 fully saturated rings. The first kappa shape index (κ1) is 32.9. The monoisotopic (exact) mass is 550 g/mol. The van der Waals surface area contributed by atoms with Gasteiger partial charge >= 0.3 is 12.1 Å². The number of carboxylic acids is 1. The number of ether oxygens (including phenoxy) is 1. The molecular formula is C26H38N4O9. The molecule has 1 aromatic rings. The van der Waals surface area contributed by atoms with Crippen molar-refractivity contribution >= 4 is 36.1 Å². The number of phenols is 1. The lowest BCUT2D eigenvalue weighted by Gasteiger charge is -2.28. The third kappa shape index (κ3) is 11.8. The first-order chi connectivity index (χ1) is 18.4. The fourth-order valence-electron chi connectivity index (χ4n) is 3.56. The lowest BCUT2D eigenvalue weighted by Crippen LogP contribution is -2.58. The summed E-state index contributed by atoms with van der Waals surface area (Å²) in [5.74, 6) is -3.55. The number of aliphatic carboxylic acids is 1. The summed E-state index contributed by atoms with van der Waals surface area (Å²) in [4.78, 5) is 72.8. The molecule has 13 nitrogen and oxygen atoms in total. The van der Waals surface area contributed by atoms with Gasteiger partial charge in [-0.25, -0.2) is 4.79 Å². The van der Waals surface area contributed by atoms with Crippen LogP contribution in [0.1, 0.15) is 52.5 Å². The SMILES string of the molecule is CCOC(=O)N[C@@H](Cc1ccc(O)cc1)C(=O)N[C@H](C(=O)N[C@@H](C)C(=O)N[C@H](CC=O)CC(=O)O)[C@@H](C)CC. The Morgan fingerprint density at radius 3 is 2.10 bits per heavy atom. The molecule has 0 radical (unpaired) electrons. The second-order valence-electron chi connectivity index (χ2n) is 9.10. The van der Waals surface area contributed by atoms with Gasteiger partial charge in [0.15, 0.2) is 0 Å². The van der Waals surface area contributed by atoms with Gasteiger partial charge in [-0.15, -0.1) is 0 Å². The van der Waals surface area contributed by atoms with Crippen molar-refractivity contribution in [3.63, 3.8) is 0 Å². The highest BCUT2D eigenvalue weighted by Crippen LogP contribution is 2.13. The maximum Gasteiger partial charge on any atom is 0.407 e. The summed E-state index contributed by atoms with van der Waals surface area (Å²) < 4.78 is 4.90. The van der Waals surface area contributed by atoms with Crippen LogP contribution >= 0.6 is 0 Å². The third-order valence-electron chi connectivity index (χ3n) is 5.95. The molecule has 5 atom stereocenters. The predicted octanol–water partition coefficient (Wildman–Crippen LogP) is 0.634. The summed E-state index contributed by atoms with van der Waals surface area (Å²) in [5, 5.41) is 28.6. The van der Waals surface area contributed by atoms with Crippen molar-refractivity contribution < 1.29 is 43.7 Å². The largest absolute Gasteiger partial charge is 0.508 e. The molecule has 1 aromatic carbocycles. The average Bonchev–Trinajstić information content (AvgIpc) is 2.87. The van der Waals surface area contributed by atoms with E-state index in [1.807, 2.05) is 6.92 Å². The second kappa shape index (κ2) is 16.6. The summed E-state index contributed by atoms with van der Waals surface area (Å²) in [6, 6.07) is 1.82. The zero-order valence-corrected chi connectivity index (χ0v) is 22.6. The number of carbonyl (C=O) groups excluding carboxylic acids is 5. The molecule has 6 N–H and O–H groups in total. The van der Waals surface area contributed by atoms with Gasteiger partial charge in [-0.05, 0) is 37.5 Å². The zero-order valence-electron chi connectivity index (χ0n) is 22.6. The third-order valence-corrected chi connectivity index (χ3v) is 5.95. The minimum absolute atomic E-state index is 0.0326. The molecule has 0 unspecified atom stereocenters. The number of phenolic OH excluding ortho intramolecular Hbond substituents is 1. The number of amides is 4. The molecule has 0 bridgehead atoms. The highest BCUT2D eigenvalue weighted by Gasteiger charge is 2.32. The lowest BCUT2D eigenvalue weighted by molar-refractivity contribution is -0.138. The van der Waals surface area contributed by atoms with E-state index in [0.717, 1.165) is 0 Å². The maximum absolute atomic E-state index is 13.3. The molecule has 0 aliphatic rings. The van der Waals surface area contributed by atoms with Crippen molar-refractivity contribution in [1.82, 2.24) is 21.3 Å². The van der Waals surface area contributed by atoms with E-state index in [0.29, 0.717) is 18.3 Å². The van der Waals surface area contributed by atoms with Crippen LogP contribution in [0.2, 0.25) is 0 Å². The summed E-state index contributed by atoms with van der Waals surface area (Å²) in [5.41, 5.74) is 0.630. The van der Waals surface area contributed by atoms with E-state index >= 15 is 0 Å². The number of carboxylic acid groups (broad SMARTS) is 1. The van der Waals surface area contributed by atoms with Gasteiger partial charge in [-0.1, -0.05) is 32.4 Å². The van der Waals surface area contributed by atoms with Crippen molar-refractivity contribution in [2.24, 2.45) is 5.92 Å². The van der Waals surface area contributed by atoms with E-state index in [4.69, 9.17) is 9.84 Å². The van der Waals surface area contributed by atoms with Crippen molar-refractivity contribution in [3.8, 4) is 5.75 Å². The highest BCUT2D eigenvalue weighted by atomic mass is 16.5. The van der Waals surface area contributed by atoms with Crippen LogP contribution in [0.25, 0.3) is 0 Å². The molecule has 0 aliphatic carbocycles. The molecule has 0 aromatic heterocycles. The number of alkyl carbamates (subject to hydrolysis) is 1. The van der Waals surface area contributed by atoms with E-state index in [1.165, 1.54) is 19.1 Å². The summed E-state index contributed by atoms with van der Waals surface area (Å²) in [7, 11) is 0. The van der Waals surface area contributed by atoms with Crippen molar-refractivity contribution in [3.05, 3.63) is 29.8 Å².